The summed E-state index contributed by atoms with van der Waals surface area (Å²) in [7, 11) is 0. The summed E-state index contributed by atoms with van der Waals surface area (Å²) in [6, 6.07) is 18.7. The number of para-hydroxylation sites is 1. The standard InChI is InChI=1S/C12H10IN/c13-14-12-9-5-4-8-11(12)10-6-2-1-3-7-10/h1-9,14H. The molecule has 0 amide bonds. The van der Waals surface area contributed by atoms with Crippen LogP contribution in [-0.4, -0.2) is 0 Å². The van der Waals surface area contributed by atoms with Crippen LogP contribution in [0.4, 0.5) is 5.69 Å². The van der Waals surface area contributed by atoms with E-state index in [0.717, 1.165) is 5.69 Å². The van der Waals surface area contributed by atoms with Crippen LogP contribution in [0, 0.1) is 0 Å². The van der Waals surface area contributed by atoms with Gasteiger partial charge in [0.25, 0.3) is 0 Å². The molecule has 0 aliphatic rings. The second kappa shape index (κ2) is 4.46. The van der Waals surface area contributed by atoms with Gasteiger partial charge >= 0.3 is 0 Å². The van der Waals surface area contributed by atoms with Crippen molar-refractivity contribution < 1.29 is 0 Å². The summed E-state index contributed by atoms with van der Waals surface area (Å²) in [5.41, 5.74) is 3.63. The first-order valence-corrected chi connectivity index (χ1v) is 5.51. The monoisotopic (exact) mass is 295 g/mol. The summed E-state index contributed by atoms with van der Waals surface area (Å²) >= 11 is 2.16. The Labute approximate surface area is 97.7 Å². The van der Waals surface area contributed by atoms with E-state index in [1.165, 1.54) is 11.1 Å². The number of anilines is 1. The van der Waals surface area contributed by atoms with Gasteiger partial charge in [-0.3, -0.25) is 0 Å². The number of halogens is 1. The molecule has 70 valence electrons. The van der Waals surface area contributed by atoms with Gasteiger partial charge in [0.05, 0.1) is 28.6 Å². The van der Waals surface area contributed by atoms with Crippen LogP contribution in [0.5, 0.6) is 0 Å². The van der Waals surface area contributed by atoms with Gasteiger partial charge in [0, 0.05) is 5.56 Å². The SMILES string of the molecule is INc1ccccc1-c1ccccc1. The summed E-state index contributed by atoms with van der Waals surface area (Å²) in [4.78, 5) is 0. The van der Waals surface area contributed by atoms with E-state index in [2.05, 4.69) is 68.9 Å². The maximum absolute atomic E-state index is 3.16. The smallest absolute Gasteiger partial charge is 0.0560 e. The molecule has 0 radical (unpaired) electrons. The van der Waals surface area contributed by atoms with Crippen molar-refractivity contribution in [1.29, 1.82) is 0 Å². The Morgan fingerprint density at radius 2 is 1.43 bits per heavy atom. The Bertz CT molecular complexity index is 412. The van der Waals surface area contributed by atoms with Crippen molar-refractivity contribution in [2.24, 2.45) is 0 Å². The lowest BCUT2D eigenvalue weighted by atomic mass is 10.0. The normalized spacial score (nSPS) is 9.79. The maximum Gasteiger partial charge on any atom is 0.0560 e. The molecule has 2 aromatic carbocycles. The topological polar surface area (TPSA) is 12.0 Å². The molecule has 0 bridgehead atoms. The van der Waals surface area contributed by atoms with Crippen molar-refractivity contribution in [3.8, 4) is 11.1 Å². The molecular weight excluding hydrogens is 285 g/mol. The highest BCUT2D eigenvalue weighted by atomic mass is 127. The Morgan fingerprint density at radius 1 is 0.786 bits per heavy atom. The summed E-state index contributed by atoms with van der Waals surface area (Å²) in [6.07, 6.45) is 0. The Morgan fingerprint density at radius 3 is 2.14 bits per heavy atom. The summed E-state index contributed by atoms with van der Waals surface area (Å²) < 4.78 is 3.16. The minimum absolute atomic E-state index is 1.15. The zero-order chi connectivity index (χ0) is 9.80. The lowest BCUT2D eigenvalue weighted by Crippen LogP contribution is -1.84. The van der Waals surface area contributed by atoms with Crippen LogP contribution in [-0.2, 0) is 0 Å². The first kappa shape index (κ1) is 9.52. The van der Waals surface area contributed by atoms with Crippen LogP contribution in [0.1, 0.15) is 0 Å². The lowest BCUT2D eigenvalue weighted by Gasteiger charge is -2.07. The zero-order valence-electron chi connectivity index (χ0n) is 7.57. The molecule has 0 saturated carbocycles. The molecule has 1 nitrogen and oxygen atoms in total. The fraction of sp³-hybridized carbons (Fsp3) is 0. The fourth-order valence-electron chi connectivity index (χ4n) is 1.43. The third-order valence-corrected chi connectivity index (χ3v) is 2.69. The van der Waals surface area contributed by atoms with E-state index in [0.29, 0.717) is 0 Å². The van der Waals surface area contributed by atoms with Crippen molar-refractivity contribution in [2.75, 3.05) is 3.53 Å². The number of rotatable bonds is 2. The quantitative estimate of drug-likeness (QED) is 0.649. The van der Waals surface area contributed by atoms with E-state index in [1.54, 1.807) is 0 Å². The lowest BCUT2D eigenvalue weighted by molar-refractivity contribution is 1.62. The van der Waals surface area contributed by atoms with Crippen LogP contribution in [0.25, 0.3) is 11.1 Å². The highest BCUT2D eigenvalue weighted by molar-refractivity contribution is 14.1. The Balaban J connectivity index is 2.51. The average Bonchev–Trinajstić information content (AvgIpc) is 2.30. The van der Waals surface area contributed by atoms with E-state index < -0.39 is 0 Å². The Hall–Kier alpha value is -1.03. The second-order valence-corrected chi connectivity index (χ2v) is 3.55. The van der Waals surface area contributed by atoms with Crippen LogP contribution in [0.2, 0.25) is 0 Å². The van der Waals surface area contributed by atoms with Crippen molar-refractivity contribution in [3.05, 3.63) is 54.6 Å². The summed E-state index contributed by atoms with van der Waals surface area (Å²) in [5, 5.41) is 0. The van der Waals surface area contributed by atoms with Crippen molar-refractivity contribution in [3.63, 3.8) is 0 Å². The molecule has 2 rings (SSSR count). The van der Waals surface area contributed by atoms with E-state index in [-0.39, 0.29) is 0 Å². The molecule has 0 fully saturated rings. The molecule has 0 aliphatic heterocycles. The van der Waals surface area contributed by atoms with Crippen molar-refractivity contribution in [1.82, 2.24) is 0 Å². The third-order valence-electron chi connectivity index (χ3n) is 2.11. The number of nitrogens with one attached hydrogen (secondary N) is 1. The van der Waals surface area contributed by atoms with E-state index in [1.807, 2.05) is 12.1 Å². The molecular formula is C12H10IN. The Kier molecular flexibility index (Phi) is 3.03. The van der Waals surface area contributed by atoms with Crippen LogP contribution in [0.3, 0.4) is 0 Å². The van der Waals surface area contributed by atoms with Crippen LogP contribution >= 0.6 is 22.9 Å². The second-order valence-electron chi connectivity index (χ2n) is 3.01. The van der Waals surface area contributed by atoms with E-state index in [9.17, 15) is 0 Å². The van der Waals surface area contributed by atoms with Gasteiger partial charge in [0.15, 0.2) is 0 Å². The summed E-state index contributed by atoms with van der Waals surface area (Å²) in [5.74, 6) is 0. The summed E-state index contributed by atoms with van der Waals surface area (Å²) in [6.45, 7) is 0. The number of hydrogen-bond donors (Lipinski definition) is 1. The molecule has 0 spiro atoms. The molecule has 2 heteroatoms. The molecule has 0 aromatic heterocycles. The minimum Gasteiger partial charge on any atom is -0.328 e. The van der Waals surface area contributed by atoms with E-state index >= 15 is 0 Å². The first-order chi connectivity index (χ1) is 6.92. The van der Waals surface area contributed by atoms with Crippen molar-refractivity contribution in [2.45, 2.75) is 0 Å². The van der Waals surface area contributed by atoms with Gasteiger partial charge in [-0.1, -0.05) is 48.5 Å². The molecule has 0 atom stereocenters. The highest BCUT2D eigenvalue weighted by Crippen LogP contribution is 2.27. The largest absolute Gasteiger partial charge is 0.328 e. The highest BCUT2D eigenvalue weighted by Gasteiger charge is 2.01. The van der Waals surface area contributed by atoms with Gasteiger partial charge in [0.1, 0.15) is 0 Å². The van der Waals surface area contributed by atoms with Gasteiger partial charge in [-0.05, 0) is 11.6 Å². The predicted octanol–water partition coefficient (Wildman–Crippen LogP) is 4.12. The molecule has 1 N–H and O–H groups in total. The molecule has 2 aromatic rings. The molecule has 0 heterocycles. The predicted molar refractivity (Wildman–Crippen MR) is 69.5 cm³/mol. The van der Waals surface area contributed by atoms with Crippen molar-refractivity contribution >= 4 is 28.6 Å². The van der Waals surface area contributed by atoms with Gasteiger partial charge in [-0.25, -0.2) is 0 Å². The number of benzene rings is 2. The average molecular weight is 295 g/mol. The van der Waals surface area contributed by atoms with Gasteiger partial charge in [0.2, 0.25) is 0 Å². The molecule has 0 aliphatic carbocycles. The van der Waals surface area contributed by atoms with Crippen LogP contribution in [0.15, 0.2) is 54.6 Å². The fourth-order valence-corrected chi connectivity index (χ4v) is 1.91. The first-order valence-electron chi connectivity index (χ1n) is 4.43. The molecule has 14 heavy (non-hydrogen) atoms. The van der Waals surface area contributed by atoms with Crippen LogP contribution < -0.4 is 3.53 Å². The van der Waals surface area contributed by atoms with Gasteiger partial charge in [-0.15, -0.1) is 0 Å². The maximum atomic E-state index is 3.16. The molecule has 0 unspecified atom stereocenters. The van der Waals surface area contributed by atoms with E-state index in [4.69, 9.17) is 0 Å². The number of hydrogen-bond acceptors (Lipinski definition) is 1. The molecule has 0 saturated heterocycles. The zero-order valence-corrected chi connectivity index (χ0v) is 9.73. The van der Waals surface area contributed by atoms with Gasteiger partial charge < -0.3 is 3.53 Å². The van der Waals surface area contributed by atoms with Gasteiger partial charge in [-0.2, -0.15) is 0 Å². The third kappa shape index (κ3) is 1.90. The minimum atomic E-state index is 1.15.